The highest BCUT2D eigenvalue weighted by molar-refractivity contribution is 6.30. The van der Waals surface area contributed by atoms with E-state index < -0.39 is 0 Å². The van der Waals surface area contributed by atoms with Gasteiger partial charge in [0.1, 0.15) is 0 Å². The Hall–Kier alpha value is -0.970. The van der Waals surface area contributed by atoms with Gasteiger partial charge in [-0.3, -0.25) is 4.90 Å². The predicted molar refractivity (Wildman–Crippen MR) is 81.6 cm³/mol. The van der Waals surface area contributed by atoms with E-state index in [9.17, 15) is 4.79 Å². The lowest BCUT2D eigenvalue weighted by Crippen LogP contribution is -2.82. The Balaban J connectivity index is 0.00000121. The molecule has 4 aliphatic rings. The van der Waals surface area contributed by atoms with Crippen LogP contribution in [0.25, 0.3) is 0 Å². The normalized spacial score (nSPS) is 34.4. The van der Waals surface area contributed by atoms with Gasteiger partial charge in [-0.2, -0.15) is 0 Å². The van der Waals surface area contributed by atoms with Crippen LogP contribution in [0.1, 0.15) is 19.3 Å². The summed E-state index contributed by atoms with van der Waals surface area (Å²) < 4.78 is 0. The summed E-state index contributed by atoms with van der Waals surface area (Å²) >= 11 is 5.88. The average Bonchev–Trinajstić information content (AvgIpc) is 2.67. The fraction of sp³-hybridized carbons (Fsp3) is 0.500. The van der Waals surface area contributed by atoms with Crippen LogP contribution < -0.4 is 10.6 Å². The van der Waals surface area contributed by atoms with Crippen LogP contribution >= 0.6 is 24.0 Å². The fourth-order valence-corrected chi connectivity index (χ4v) is 4.06. The van der Waals surface area contributed by atoms with Crippen molar-refractivity contribution in [1.82, 2.24) is 4.90 Å². The molecule has 3 saturated carbocycles. The molecule has 1 aliphatic heterocycles. The van der Waals surface area contributed by atoms with Gasteiger partial charge in [0.25, 0.3) is 0 Å². The highest BCUT2D eigenvalue weighted by atomic mass is 35.5. The topological polar surface area (TPSA) is 49.6 Å². The summed E-state index contributed by atoms with van der Waals surface area (Å²) in [4.78, 5) is 16.4. The van der Waals surface area contributed by atoms with Crippen molar-refractivity contribution in [2.45, 2.75) is 30.3 Å². The van der Waals surface area contributed by atoms with Gasteiger partial charge in [0.05, 0.1) is 0 Å². The summed E-state index contributed by atoms with van der Waals surface area (Å²) in [7, 11) is 0. The maximum atomic E-state index is 12.5. The summed E-state index contributed by atoms with van der Waals surface area (Å²) in [6.07, 6.45) is 2.92. The van der Waals surface area contributed by atoms with Crippen molar-refractivity contribution in [3.05, 3.63) is 29.3 Å². The molecule has 3 aliphatic carbocycles. The minimum Gasteiger partial charge on any atom is -0.325 e. The van der Waals surface area contributed by atoms with E-state index in [1.807, 2.05) is 34.1 Å². The molecule has 0 radical (unpaired) electrons. The number of benzene rings is 1. The zero-order valence-electron chi connectivity index (χ0n) is 11.0. The number of hydrogen-bond acceptors (Lipinski definition) is 2. The lowest BCUT2D eigenvalue weighted by Gasteiger charge is -2.71. The molecule has 1 aromatic rings. The molecule has 1 saturated heterocycles. The van der Waals surface area contributed by atoms with Crippen molar-refractivity contribution >= 4 is 35.7 Å². The number of urea groups is 1. The van der Waals surface area contributed by atoms with E-state index in [4.69, 9.17) is 17.3 Å². The maximum Gasteiger partial charge on any atom is 0.325 e. The van der Waals surface area contributed by atoms with Crippen molar-refractivity contribution in [2.75, 3.05) is 18.0 Å². The Bertz CT molecular complexity index is 540. The monoisotopic (exact) mass is 313 g/mol. The lowest BCUT2D eigenvalue weighted by atomic mass is 9.44. The summed E-state index contributed by atoms with van der Waals surface area (Å²) in [5.41, 5.74) is 7.12. The molecule has 5 rings (SSSR count). The predicted octanol–water partition coefficient (Wildman–Crippen LogP) is 2.64. The number of carbonyl (C=O) groups excluding carboxylic acids is 1. The minimum atomic E-state index is 0. The molecule has 0 unspecified atom stereocenters. The first-order valence-electron chi connectivity index (χ1n) is 6.65. The zero-order valence-corrected chi connectivity index (χ0v) is 12.6. The van der Waals surface area contributed by atoms with Crippen molar-refractivity contribution in [3.63, 3.8) is 0 Å². The van der Waals surface area contributed by atoms with Gasteiger partial charge in [0.15, 0.2) is 0 Å². The van der Waals surface area contributed by atoms with Gasteiger partial charge in [-0.05, 0) is 43.5 Å². The number of anilines is 1. The molecule has 0 atom stereocenters. The Morgan fingerprint density at radius 1 is 1.10 bits per heavy atom. The Morgan fingerprint density at radius 3 is 2.25 bits per heavy atom. The van der Waals surface area contributed by atoms with Gasteiger partial charge in [-0.15, -0.1) is 12.4 Å². The average molecular weight is 314 g/mol. The molecule has 2 amide bonds. The third kappa shape index (κ3) is 1.75. The first kappa shape index (κ1) is 14.0. The lowest BCUT2D eigenvalue weighted by molar-refractivity contribution is -0.134. The molecule has 2 bridgehead atoms. The second kappa shape index (κ2) is 4.26. The van der Waals surface area contributed by atoms with Crippen LogP contribution in [0.5, 0.6) is 0 Å². The number of nitrogens with zero attached hydrogens (tertiary/aromatic N) is 2. The second-order valence-electron chi connectivity index (χ2n) is 6.18. The highest BCUT2D eigenvalue weighted by Crippen LogP contribution is 2.62. The fourth-order valence-electron chi connectivity index (χ4n) is 3.93. The molecule has 4 nitrogen and oxygen atoms in total. The Morgan fingerprint density at radius 2 is 1.70 bits per heavy atom. The first-order chi connectivity index (χ1) is 9.01. The van der Waals surface area contributed by atoms with Gasteiger partial charge < -0.3 is 10.6 Å². The van der Waals surface area contributed by atoms with Crippen LogP contribution in [0.2, 0.25) is 5.02 Å². The number of halogens is 2. The minimum absolute atomic E-state index is 0. The van der Waals surface area contributed by atoms with Gasteiger partial charge in [0, 0.05) is 34.9 Å². The van der Waals surface area contributed by atoms with E-state index in [0.717, 1.165) is 38.0 Å². The molecule has 20 heavy (non-hydrogen) atoms. The van der Waals surface area contributed by atoms with Gasteiger partial charge >= 0.3 is 6.03 Å². The van der Waals surface area contributed by atoms with Crippen LogP contribution in [-0.4, -0.2) is 35.1 Å². The summed E-state index contributed by atoms with van der Waals surface area (Å²) in [6.45, 7) is 1.55. The Kier molecular flexibility index (Phi) is 2.98. The summed E-state index contributed by atoms with van der Waals surface area (Å²) in [5, 5.41) is 0.691. The standard InChI is InChI=1S/C14H16ClN3O.ClH/c15-10-1-3-11(4-2-10)17-5-6-18(12(17)19)14-7-13(16,8-14)9-14;/h1-4H,5-9,16H2;1H. The van der Waals surface area contributed by atoms with Crippen molar-refractivity contribution < 1.29 is 4.79 Å². The smallest absolute Gasteiger partial charge is 0.325 e. The summed E-state index contributed by atoms with van der Waals surface area (Å²) in [6, 6.07) is 7.56. The molecule has 0 spiro atoms. The largest absolute Gasteiger partial charge is 0.325 e. The molecule has 1 aromatic carbocycles. The zero-order chi connectivity index (χ0) is 13.3. The second-order valence-corrected chi connectivity index (χ2v) is 6.62. The van der Waals surface area contributed by atoms with E-state index in [-0.39, 0.29) is 29.5 Å². The van der Waals surface area contributed by atoms with Crippen LogP contribution in [0, 0.1) is 0 Å². The van der Waals surface area contributed by atoms with E-state index >= 15 is 0 Å². The van der Waals surface area contributed by atoms with Crippen LogP contribution in [0.3, 0.4) is 0 Å². The van der Waals surface area contributed by atoms with Gasteiger partial charge in [0.2, 0.25) is 0 Å². The molecule has 2 N–H and O–H groups in total. The maximum absolute atomic E-state index is 12.5. The summed E-state index contributed by atoms with van der Waals surface area (Å²) in [5.74, 6) is 0. The molecule has 1 heterocycles. The third-order valence-corrected chi connectivity index (χ3v) is 5.02. The van der Waals surface area contributed by atoms with E-state index in [0.29, 0.717) is 5.02 Å². The number of carbonyl (C=O) groups is 1. The number of nitrogens with two attached hydrogens (primary N) is 1. The number of rotatable bonds is 2. The van der Waals surface area contributed by atoms with Crippen LogP contribution in [0.15, 0.2) is 24.3 Å². The van der Waals surface area contributed by atoms with E-state index in [2.05, 4.69) is 0 Å². The molecule has 6 heteroatoms. The van der Waals surface area contributed by atoms with Crippen molar-refractivity contribution in [2.24, 2.45) is 5.73 Å². The SMILES string of the molecule is Cl.NC12CC(N3CCN(c4ccc(Cl)cc4)C3=O)(C1)C2. The molecule has 0 aromatic heterocycles. The van der Waals surface area contributed by atoms with Crippen LogP contribution in [0.4, 0.5) is 10.5 Å². The van der Waals surface area contributed by atoms with Gasteiger partial charge in [-0.1, -0.05) is 11.6 Å². The van der Waals surface area contributed by atoms with Crippen molar-refractivity contribution in [3.8, 4) is 0 Å². The Labute approximate surface area is 129 Å². The quantitative estimate of drug-likeness (QED) is 0.912. The van der Waals surface area contributed by atoms with Crippen LogP contribution in [-0.2, 0) is 0 Å². The van der Waals surface area contributed by atoms with E-state index in [1.54, 1.807) is 0 Å². The third-order valence-electron chi connectivity index (χ3n) is 4.76. The molecular formula is C14H17Cl2N3O. The van der Waals surface area contributed by atoms with Gasteiger partial charge in [-0.25, -0.2) is 4.79 Å². The molecular weight excluding hydrogens is 297 g/mol. The molecule has 108 valence electrons. The highest BCUT2D eigenvalue weighted by Gasteiger charge is 2.70. The number of hydrogen-bond donors (Lipinski definition) is 1. The van der Waals surface area contributed by atoms with Crippen molar-refractivity contribution in [1.29, 1.82) is 0 Å². The number of amides is 2. The first-order valence-corrected chi connectivity index (χ1v) is 7.03. The van der Waals surface area contributed by atoms with E-state index in [1.165, 1.54) is 0 Å². The molecule has 4 fully saturated rings.